The number of nitrogen functional groups attached to an aromatic ring is 1. The number of amides is 1. The number of carbonyl (C=O) groups is 1. The number of halogens is 1. The molecule has 2 aromatic rings. The fourth-order valence-corrected chi connectivity index (χ4v) is 3.37. The number of nitrogens with two attached hydrogens (primary N) is 1. The minimum atomic E-state index is -0.561. The van der Waals surface area contributed by atoms with Crippen LogP contribution in [0.4, 0.5) is 16.5 Å². The molecule has 0 aliphatic rings. The Labute approximate surface area is 138 Å². The number of nitro benzene ring substituents is 1. The van der Waals surface area contributed by atoms with Crippen LogP contribution in [0.1, 0.15) is 6.92 Å². The topological polar surface area (TPSA) is 124 Å². The van der Waals surface area contributed by atoms with E-state index < -0.39 is 10.2 Å². The van der Waals surface area contributed by atoms with Crippen molar-refractivity contribution in [3.05, 3.63) is 33.3 Å². The maximum absolute atomic E-state index is 12.1. The van der Waals surface area contributed by atoms with Crippen molar-refractivity contribution >= 4 is 57.1 Å². The van der Waals surface area contributed by atoms with Crippen LogP contribution in [0, 0.1) is 10.1 Å². The Kier molecular flexibility index (Phi) is 5.16. The molecule has 0 spiro atoms. The van der Waals surface area contributed by atoms with Gasteiger partial charge in [0, 0.05) is 12.1 Å². The number of non-ortho nitro benzene ring substituents is 1. The van der Waals surface area contributed by atoms with Crippen LogP contribution in [0.3, 0.4) is 0 Å². The molecule has 0 aliphatic heterocycles. The number of benzene rings is 1. The van der Waals surface area contributed by atoms with Crippen LogP contribution >= 0.6 is 34.7 Å². The smallest absolute Gasteiger partial charge is 0.271 e. The van der Waals surface area contributed by atoms with E-state index in [1.54, 1.807) is 6.92 Å². The molecule has 0 radical (unpaired) electrons. The number of aromatic nitrogens is 2. The van der Waals surface area contributed by atoms with Crippen LogP contribution in [-0.4, -0.2) is 26.3 Å². The standard InChI is InChI=1S/C11H10ClN5O3S2/c1-5(21-11-16-15-10(13)22-11)9(18)14-8-4-6(17(19)20)2-3-7(8)12/h2-5H,1H3,(H2,13,15)(H,14,18). The third kappa shape index (κ3) is 4.06. The van der Waals surface area contributed by atoms with Crippen molar-refractivity contribution in [3.63, 3.8) is 0 Å². The second-order valence-corrected chi connectivity index (χ2v) is 7.08. The van der Waals surface area contributed by atoms with E-state index in [0.717, 1.165) is 0 Å². The lowest BCUT2D eigenvalue weighted by Gasteiger charge is -2.11. The lowest BCUT2D eigenvalue weighted by atomic mass is 10.2. The van der Waals surface area contributed by atoms with E-state index in [0.29, 0.717) is 9.47 Å². The molecule has 22 heavy (non-hydrogen) atoms. The number of hydrogen-bond donors (Lipinski definition) is 2. The number of carbonyl (C=O) groups excluding carboxylic acids is 1. The molecule has 0 aliphatic carbocycles. The van der Waals surface area contributed by atoms with Gasteiger partial charge in [0.15, 0.2) is 4.34 Å². The number of hydrogen-bond acceptors (Lipinski definition) is 8. The third-order valence-corrected chi connectivity index (χ3v) is 4.75. The van der Waals surface area contributed by atoms with Crippen LogP contribution in [0.2, 0.25) is 5.02 Å². The van der Waals surface area contributed by atoms with Crippen molar-refractivity contribution in [2.75, 3.05) is 11.1 Å². The van der Waals surface area contributed by atoms with Crippen molar-refractivity contribution < 1.29 is 9.72 Å². The van der Waals surface area contributed by atoms with Gasteiger partial charge >= 0.3 is 0 Å². The van der Waals surface area contributed by atoms with Gasteiger partial charge in [-0.15, -0.1) is 10.2 Å². The molecule has 0 bridgehead atoms. The number of thioether (sulfide) groups is 1. The maximum atomic E-state index is 12.1. The molecule has 1 heterocycles. The molecule has 116 valence electrons. The summed E-state index contributed by atoms with van der Waals surface area (Å²) in [7, 11) is 0. The zero-order valence-electron chi connectivity index (χ0n) is 11.1. The fourth-order valence-electron chi connectivity index (χ4n) is 1.43. The first-order chi connectivity index (χ1) is 10.4. The van der Waals surface area contributed by atoms with Gasteiger partial charge in [-0.1, -0.05) is 34.7 Å². The molecule has 11 heteroatoms. The molecule has 8 nitrogen and oxygen atoms in total. The predicted octanol–water partition coefficient (Wildman–Crippen LogP) is 2.80. The van der Waals surface area contributed by atoms with Gasteiger partial charge in [-0.3, -0.25) is 14.9 Å². The van der Waals surface area contributed by atoms with Gasteiger partial charge < -0.3 is 11.1 Å². The number of nitrogens with one attached hydrogen (secondary N) is 1. The summed E-state index contributed by atoms with van der Waals surface area (Å²) in [6.07, 6.45) is 0. The summed E-state index contributed by atoms with van der Waals surface area (Å²) >= 11 is 8.29. The first-order valence-electron chi connectivity index (χ1n) is 5.87. The molecular weight excluding hydrogens is 350 g/mol. The minimum Gasteiger partial charge on any atom is -0.374 e. The monoisotopic (exact) mass is 359 g/mol. The van der Waals surface area contributed by atoms with Gasteiger partial charge in [0.25, 0.3) is 5.69 Å². The number of rotatable bonds is 5. The van der Waals surface area contributed by atoms with Crippen molar-refractivity contribution in [2.24, 2.45) is 0 Å². The summed E-state index contributed by atoms with van der Waals surface area (Å²) in [4.78, 5) is 22.3. The molecular formula is C11H10ClN5O3S2. The Morgan fingerprint density at radius 2 is 2.27 bits per heavy atom. The number of anilines is 2. The van der Waals surface area contributed by atoms with Crippen molar-refractivity contribution in [3.8, 4) is 0 Å². The quantitative estimate of drug-likeness (QED) is 0.477. The van der Waals surface area contributed by atoms with E-state index in [2.05, 4.69) is 15.5 Å². The minimum absolute atomic E-state index is 0.156. The van der Waals surface area contributed by atoms with E-state index in [1.807, 2.05) is 0 Å². The molecule has 3 N–H and O–H groups in total. The van der Waals surface area contributed by atoms with E-state index in [4.69, 9.17) is 17.3 Å². The Morgan fingerprint density at radius 1 is 1.55 bits per heavy atom. The summed E-state index contributed by atoms with van der Waals surface area (Å²) in [5.74, 6) is -0.360. The average Bonchev–Trinajstić information content (AvgIpc) is 2.86. The van der Waals surface area contributed by atoms with Crippen LogP contribution in [0.15, 0.2) is 22.5 Å². The highest BCUT2D eigenvalue weighted by Crippen LogP contribution is 2.30. The van der Waals surface area contributed by atoms with Crippen molar-refractivity contribution in [1.29, 1.82) is 0 Å². The normalized spacial score (nSPS) is 11.9. The molecule has 0 saturated heterocycles. The van der Waals surface area contributed by atoms with Gasteiger partial charge in [-0.2, -0.15) is 0 Å². The molecule has 2 rings (SSSR count). The van der Waals surface area contributed by atoms with Gasteiger partial charge in [0.1, 0.15) is 0 Å². The first-order valence-corrected chi connectivity index (χ1v) is 7.94. The van der Waals surface area contributed by atoms with Crippen LogP contribution in [0.25, 0.3) is 0 Å². The molecule has 1 unspecified atom stereocenters. The molecule has 1 aromatic carbocycles. The van der Waals surface area contributed by atoms with Crippen molar-refractivity contribution in [2.45, 2.75) is 16.5 Å². The van der Waals surface area contributed by atoms with E-state index in [9.17, 15) is 14.9 Å². The van der Waals surface area contributed by atoms with Gasteiger partial charge in [0.2, 0.25) is 11.0 Å². The summed E-state index contributed by atoms with van der Waals surface area (Å²) in [5.41, 5.74) is 5.50. The van der Waals surface area contributed by atoms with Gasteiger partial charge in [-0.05, 0) is 13.0 Å². The van der Waals surface area contributed by atoms with E-state index >= 15 is 0 Å². The Hall–Kier alpha value is -1.91. The lowest BCUT2D eigenvalue weighted by molar-refractivity contribution is -0.384. The summed E-state index contributed by atoms with van der Waals surface area (Å²) in [6, 6.07) is 3.83. The predicted molar refractivity (Wildman–Crippen MR) is 86.4 cm³/mol. The zero-order chi connectivity index (χ0) is 16.3. The number of nitro groups is 1. The highest BCUT2D eigenvalue weighted by atomic mass is 35.5. The fraction of sp³-hybridized carbons (Fsp3) is 0.182. The molecule has 0 saturated carbocycles. The van der Waals surface area contributed by atoms with Crippen molar-refractivity contribution in [1.82, 2.24) is 10.2 Å². The Bertz CT molecular complexity index is 724. The first kappa shape index (κ1) is 16.5. The molecule has 0 fully saturated rings. The SMILES string of the molecule is CC(Sc1nnc(N)s1)C(=O)Nc1cc([N+](=O)[O-])ccc1Cl. The highest BCUT2D eigenvalue weighted by Gasteiger charge is 2.19. The van der Waals surface area contributed by atoms with E-state index in [-0.39, 0.29) is 22.3 Å². The molecule has 1 atom stereocenters. The highest BCUT2D eigenvalue weighted by molar-refractivity contribution is 8.02. The molecule has 1 amide bonds. The number of nitrogens with zero attached hydrogens (tertiary/aromatic N) is 3. The second kappa shape index (κ2) is 6.90. The zero-order valence-corrected chi connectivity index (χ0v) is 13.5. The van der Waals surface area contributed by atoms with E-state index in [1.165, 1.54) is 41.3 Å². The lowest BCUT2D eigenvalue weighted by Crippen LogP contribution is -2.22. The Balaban J connectivity index is 2.07. The largest absolute Gasteiger partial charge is 0.374 e. The summed E-state index contributed by atoms with van der Waals surface area (Å²) < 4.78 is 0.560. The van der Waals surface area contributed by atoms with Gasteiger partial charge in [0.05, 0.1) is 20.9 Å². The maximum Gasteiger partial charge on any atom is 0.271 e. The van der Waals surface area contributed by atoms with Crippen LogP contribution in [0.5, 0.6) is 0 Å². The van der Waals surface area contributed by atoms with Crippen LogP contribution < -0.4 is 11.1 Å². The summed E-state index contributed by atoms with van der Waals surface area (Å²) in [5, 5.41) is 20.8. The summed E-state index contributed by atoms with van der Waals surface area (Å²) in [6.45, 7) is 1.67. The Morgan fingerprint density at radius 3 is 2.86 bits per heavy atom. The molecule has 1 aromatic heterocycles. The van der Waals surface area contributed by atoms with Crippen LogP contribution in [-0.2, 0) is 4.79 Å². The second-order valence-electron chi connectivity index (χ2n) is 4.08. The third-order valence-electron chi connectivity index (χ3n) is 2.49. The van der Waals surface area contributed by atoms with Gasteiger partial charge in [-0.25, -0.2) is 0 Å². The average molecular weight is 360 g/mol.